The number of rotatable bonds is 4. The molecule has 6 nitrogen and oxygen atoms in total. The molecule has 0 radical (unpaired) electrons. The van der Waals surface area contributed by atoms with E-state index in [2.05, 4.69) is 15.6 Å². The number of fused-ring (bicyclic) bond motifs is 1. The molecule has 0 bridgehead atoms. The lowest BCUT2D eigenvalue weighted by atomic mass is 10.1. The minimum absolute atomic E-state index is 0.414. The van der Waals surface area contributed by atoms with Gasteiger partial charge in [-0.1, -0.05) is 28.9 Å². The van der Waals surface area contributed by atoms with Crippen LogP contribution in [0.3, 0.4) is 0 Å². The van der Waals surface area contributed by atoms with Crippen LogP contribution in [0.1, 0.15) is 5.56 Å². The standard InChI is InChI=1S/C24H17ClFN5O/c1-14-5-6-15(11-18(14)25)27-20-3-2-4-21-17(20)8-9-22(28-21)23-13-31(30-29-23)16-7-10-24(32)19(26)12-16/h2-13,27,32H,1H3. The van der Waals surface area contributed by atoms with Crippen molar-refractivity contribution < 1.29 is 9.50 Å². The number of halogens is 2. The Morgan fingerprint density at radius 1 is 1.00 bits per heavy atom. The highest BCUT2D eigenvalue weighted by Crippen LogP contribution is 2.29. The van der Waals surface area contributed by atoms with Crippen molar-refractivity contribution in [2.45, 2.75) is 6.92 Å². The number of hydrogen-bond donors (Lipinski definition) is 2. The second kappa shape index (κ2) is 7.94. The van der Waals surface area contributed by atoms with E-state index in [-0.39, 0.29) is 0 Å². The van der Waals surface area contributed by atoms with Crippen molar-refractivity contribution >= 4 is 33.9 Å². The summed E-state index contributed by atoms with van der Waals surface area (Å²) >= 11 is 6.25. The molecule has 3 aromatic carbocycles. The second-order valence-electron chi connectivity index (χ2n) is 7.34. The molecule has 0 aliphatic carbocycles. The van der Waals surface area contributed by atoms with Crippen LogP contribution in [0, 0.1) is 12.7 Å². The van der Waals surface area contributed by atoms with Crippen LogP contribution >= 0.6 is 11.6 Å². The highest BCUT2D eigenvalue weighted by molar-refractivity contribution is 6.31. The summed E-state index contributed by atoms with van der Waals surface area (Å²) in [5, 5.41) is 22.6. The zero-order valence-electron chi connectivity index (χ0n) is 16.9. The molecule has 2 aromatic heterocycles. The number of pyridine rings is 1. The molecule has 0 fully saturated rings. The monoisotopic (exact) mass is 445 g/mol. The second-order valence-corrected chi connectivity index (χ2v) is 7.75. The van der Waals surface area contributed by atoms with Crippen LogP contribution in [0.25, 0.3) is 28.0 Å². The Morgan fingerprint density at radius 3 is 2.69 bits per heavy atom. The molecule has 0 aliphatic heterocycles. The molecule has 8 heteroatoms. The fourth-order valence-electron chi connectivity index (χ4n) is 3.38. The van der Waals surface area contributed by atoms with Crippen LogP contribution in [-0.4, -0.2) is 25.1 Å². The van der Waals surface area contributed by atoms with Gasteiger partial charge in [0.25, 0.3) is 0 Å². The molecule has 0 spiro atoms. The quantitative estimate of drug-likeness (QED) is 0.353. The molecule has 5 aromatic rings. The minimum atomic E-state index is -0.724. The van der Waals surface area contributed by atoms with Crippen molar-refractivity contribution in [1.29, 1.82) is 0 Å². The molecule has 0 aliphatic rings. The van der Waals surface area contributed by atoms with Crippen molar-refractivity contribution in [3.8, 4) is 22.8 Å². The first-order chi connectivity index (χ1) is 15.5. The normalized spacial score (nSPS) is 11.1. The number of phenols is 1. The van der Waals surface area contributed by atoms with Gasteiger partial charge in [-0.15, -0.1) is 5.10 Å². The number of benzene rings is 3. The summed E-state index contributed by atoms with van der Waals surface area (Å²) in [5.74, 6) is -1.14. The summed E-state index contributed by atoms with van der Waals surface area (Å²) in [4.78, 5) is 4.72. The Kier molecular flexibility index (Phi) is 4.95. The van der Waals surface area contributed by atoms with E-state index in [4.69, 9.17) is 16.6 Å². The third kappa shape index (κ3) is 3.74. The topological polar surface area (TPSA) is 75.9 Å². The predicted octanol–water partition coefficient (Wildman–Crippen LogP) is 6.03. The van der Waals surface area contributed by atoms with Gasteiger partial charge in [0.15, 0.2) is 11.6 Å². The van der Waals surface area contributed by atoms with Crippen LogP contribution in [0.4, 0.5) is 15.8 Å². The summed E-state index contributed by atoms with van der Waals surface area (Å²) in [5.41, 5.74) is 5.23. The summed E-state index contributed by atoms with van der Waals surface area (Å²) in [6.07, 6.45) is 1.66. The maximum Gasteiger partial charge on any atom is 0.166 e. The SMILES string of the molecule is Cc1ccc(Nc2cccc3nc(-c4cn(-c5ccc(O)c(F)c5)nn4)ccc23)cc1Cl. The van der Waals surface area contributed by atoms with Gasteiger partial charge in [-0.05, 0) is 61.0 Å². The molecular formula is C24H17ClFN5O. The summed E-state index contributed by atoms with van der Waals surface area (Å²) in [6.45, 7) is 1.96. The van der Waals surface area contributed by atoms with E-state index in [1.54, 1.807) is 12.3 Å². The fraction of sp³-hybridized carbons (Fsp3) is 0.0417. The van der Waals surface area contributed by atoms with Crippen molar-refractivity contribution in [2.75, 3.05) is 5.32 Å². The van der Waals surface area contributed by atoms with E-state index >= 15 is 0 Å². The molecule has 0 saturated carbocycles. The van der Waals surface area contributed by atoms with Crippen LogP contribution in [0.2, 0.25) is 5.02 Å². The average Bonchev–Trinajstić information content (AvgIpc) is 3.28. The first-order valence-corrected chi connectivity index (χ1v) is 10.2. The van der Waals surface area contributed by atoms with Gasteiger partial charge in [-0.3, -0.25) is 0 Å². The summed E-state index contributed by atoms with van der Waals surface area (Å²) < 4.78 is 15.1. The fourth-order valence-corrected chi connectivity index (χ4v) is 3.56. The number of nitrogens with zero attached hydrogens (tertiary/aromatic N) is 4. The van der Waals surface area contributed by atoms with Crippen LogP contribution in [0.5, 0.6) is 5.75 Å². The maximum absolute atomic E-state index is 13.7. The van der Waals surface area contributed by atoms with Crippen molar-refractivity contribution in [3.63, 3.8) is 0 Å². The summed E-state index contributed by atoms with van der Waals surface area (Å²) in [6, 6.07) is 19.5. The molecule has 0 saturated heterocycles. The third-order valence-corrected chi connectivity index (χ3v) is 5.54. The van der Waals surface area contributed by atoms with Gasteiger partial charge in [-0.25, -0.2) is 14.1 Å². The van der Waals surface area contributed by atoms with Gasteiger partial charge in [0.2, 0.25) is 0 Å². The van der Waals surface area contributed by atoms with Crippen molar-refractivity contribution in [3.05, 3.63) is 89.3 Å². The van der Waals surface area contributed by atoms with Gasteiger partial charge in [0.1, 0.15) is 5.69 Å². The number of hydrogen-bond acceptors (Lipinski definition) is 5. The third-order valence-electron chi connectivity index (χ3n) is 5.13. The number of phenolic OH excluding ortho intramolecular Hbond substituents is 1. The van der Waals surface area contributed by atoms with Gasteiger partial charge in [-0.2, -0.15) is 0 Å². The van der Waals surface area contributed by atoms with Crippen molar-refractivity contribution in [1.82, 2.24) is 20.0 Å². The molecular weight excluding hydrogens is 429 g/mol. The van der Waals surface area contributed by atoms with E-state index < -0.39 is 11.6 Å². The molecule has 0 unspecified atom stereocenters. The Morgan fingerprint density at radius 2 is 1.88 bits per heavy atom. The van der Waals surface area contributed by atoms with Crippen LogP contribution in [0.15, 0.2) is 72.9 Å². The Hall–Kier alpha value is -3.97. The van der Waals surface area contributed by atoms with E-state index in [9.17, 15) is 9.50 Å². The number of nitrogens with one attached hydrogen (secondary N) is 1. The zero-order valence-corrected chi connectivity index (χ0v) is 17.7. The Balaban J connectivity index is 1.47. The number of aryl methyl sites for hydroxylation is 1. The van der Waals surface area contributed by atoms with E-state index in [0.717, 1.165) is 27.8 Å². The minimum Gasteiger partial charge on any atom is -0.505 e. The van der Waals surface area contributed by atoms with Gasteiger partial charge >= 0.3 is 0 Å². The molecule has 158 valence electrons. The van der Waals surface area contributed by atoms with Crippen LogP contribution < -0.4 is 5.32 Å². The van der Waals surface area contributed by atoms with Gasteiger partial charge in [0.05, 0.1) is 23.1 Å². The highest BCUT2D eigenvalue weighted by Gasteiger charge is 2.11. The lowest BCUT2D eigenvalue weighted by Gasteiger charge is -2.11. The molecule has 5 rings (SSSR count). The lowest BCUT2D eigenvalue weighted by molar-refractivity contribution is 0.432. The number of aromatic hydroxyl groups is 1. The number of aromatic nitrogens is 4. The smallest absolute Gasteiger partial charge is 0.166 e. The van der Waals surface area contributed by atoms with Crippen molar-refractivity contribution in [2.24, 2.45) is 0 Å². The summed E-state index contributed by atoms with van der Waals surface area (Å²) in [7, 11) is 0. The Labute approximate surface area is 187 Å². The average molecular weight is 446 g/mol. The molecule has 0 atom stereocenters. The zero-order chi connectivity index (χ0) is 22.2. The van der Waals surface area contributed by atoms with Crippen LogP contribution in [-0.2, 0) is 0 Å². The van der Waals surface area contributed by atoms with E-state index in [1.165, 1.54) is 16.8 Å². The highest BCUT2D eigenvalue weighted by atomic mass is 35.5. The predicted molar refractivity (Wildman–Crippen MR) is 123 cm³/mol. The molecule has 32 heavy (non-hydrogen) atoms. The van der Waals surface area contributed by atoms with E-state index in [1.807, 2.05) is 55.5 Å². The van der Waals surface area contributed by atoms with E-state index in [0.29, 0.717) is 22.1 Å². The molecule has 2 N–H and O–H groups in total. The lowest BCUT2D eigenvalue weighted by Crippen LogP contribution is -1.95. The van der Waals surface area contributed by atoms with Gasteiger partial charge in [0, 0.05) is 27.8 Å². The maximum atomic E-state index is 13.7. The van der Waals surface area contributed by atoms with Gasteiger partial charge < -0.3 is 10.4 Å². The molecule has 0 amide bonds. The Bertz CT molecular complexity index is 1470. The number of anilines is 2. The first-order valence-electron chi connectivity index (χ1n) is 9.82. The first kappa shape index (κ1) is 20.0. The largest absolute Gasteiger partial charge is 0.505 e. The molecule has 2 heterocycles.